The van der Waals surface area contributed by atoms with Gasteiger partial charge in [0.1, 0.15) is 5.75 Å². The number of carbonyl (C=O) groups is 2. The summed E-state index contributed by atoms with van der Waals surface area (Å²) in [5.41, 5.74) is 1.94. The van der Waals surface area contributed by atoms with Gasteiger partial charge in [-0.2, -0.15) is 0 Å². The molecule has 0 aliphatic carbocycles. The number of methoxy groups -OCH3 is 1. The Hall–Kier alpha value is -2.82. The Morgan fingerprint density at radius 1 is 1.12 bits per heavy atom. The van der Waals surface area contributed by atoms with Crippen LogP contribution in [0.25, 0.3) is 0 Å². The molecule has 2 rings (SSSR count). The molecule has 0 fully saturated rings. The normalized spacial score (nSPS) is 11.6. The molecule has 0 radical (unpaired) electrons. The number of aromatic carboxylic acids is 1. The maximum Gasteiger partial charge on any atom is 0.335 e. The number of carbonyl (C=O) groups excluding carboxylic acids is 1. The monoisotopic (exact) mass is 341 g/mol. The fourth-order valence-electron chi connectivity index (χ4n) is 2.69. The van der Waals surface area contributed by atoms with Crippen LogP contribution in [0.1, 0.15) is 40.9 Å². The third-order valence-corrected chi connectivity index (χ3v) is 4.43. The molecule has 25 heavy (non-hydrogen) atoms. The molecule has 0 aromatic heterocycles. The van der Waals surface area contributed by atoms with Gasteiger partial charge < -0.3 is 14.7 Å². The molecule has 1 atom stereocenters. The van der Waals surface area contributed by atoms with E-state index in [2.05, 4.69) is 0 Å². The van der Waals surface area contributed by atoms with Crippen LogP contribution in [-0.4, -0.2) is 36.0 Å². The Morgan fingerprint density at radius 3 is 2.36 bits per heavy atom. The van der Waals surface area contributed by atoms with E-state index in [9.17, 15) is 14.7 Å². The first kappa shape index (κ1) is 18.5. The number of hydrogen-bond donors (Lipinski definition) is 1. The van der Waals surface area contributed by atoms with E-state index < -0.39 is 5.97 Å². The molecule has 0 spiro atoms. The fraction of sp³-hybridized carbons (Fsp3) is 0.300. The number of rotatable bonds is 7. The lowest BCUT2D eigenvalue weighted by Crippen LogP contribution is -2.29. The summed E-state index contributed by atoms with van der Waals surface area (Å²) in [7, 11) is 3.38. The number of aryl methyl sites for hydroxylation is 1. The molecule has 0 aliphatic heterocycles. The van der Waals surface area contributed by atoms with Crippen LogP contribution in [0.5, 0.6) is 5.75 Å². The van der Waals surface area contributed by atoms with Crippen LogP contribution in [0.2, 0.25) is 0 Å². The molecule has 1 N–H and O–H groups in total. The molecule has 5 heteroatoms. The van der Waals surface area contributed by atoms with Crippen molar-refractivity contribution in [1.29, 1.82) is 0 Å². The van der Waals surface area contributed by atoms with Crippen LogP contribution in [0.4, 0.5) is 0 Å². The Kier molecular flexibility index (Phi) is 6.17. The van der Waals surface area contributed by atoms with Crippen molar-refractivity contribution in [1.82, 2.24) is 4.90 Å². The standard InChI is InChI=1S/C20H23NO4/c1-14(15-8-11-17(25-3)12-9-15)21(2)19(22)13-10-16-6-4-5-7-18(16)20(23)24/h4-9,11-12,14H,10,13H2,1-3H3,(H,23,24). The summed E-state index contributed by atoms with van der Waals surface area (Å²) in [5, 5.41) is 9.21. The first-order valence-corrected chi connectivity index (χ1v) is 8.15. The van der Waals surface area contributed by atoms with E-state index in [1.807, 2.05) is 31.2 Å². The van der Waals surface area contributed by atoms with Crippen molar-refractivity contribution >= 4 is 11.9 Å². The number of carboxylic acid groups (broad SMARTS) is 1. The molecule has 2 aromatic rings. The highest BCUT2D eigenvalue weighted by Crippen LogP contribution is 2.22. The highest BCUT2D eigenvalue weighted by molar-refractivity contribution is 5.89. The number of ether oxygens (including phenoxy) is 1. The first-order valence-electron chi connectivity index (χ1n) is 8.15. The summed E-state index contributed by atoms with van der Waals surface area (Å²) in [6, 6.07) is 14.3. The SMILES string of the molecule is COc1ccc(C(C)N(C)C(=O)CCc2ccccc2C(=O)O)cc1. The lowest BCUT2D eigenvalue weighted by Gasteiger charge is -2.25. The number of amides is 1. The van der Waals surface area contributed by atoms with E-state index >= 15 is 0 Å². The minimum atomic E-state index is -0.969. The molecular weight excluding hydrogens is 318 g/mol. The zero-order valence-corrected chi connectivity index (χ0v) is 14.7. The minimum absolute atomic E-state index is 0.0245. The van der Waals surface area contributed by atoms with E-state index in [1.54, 1.807) is 43.3 Å². The van der Waals surface area contributed by atoms with Gasteiger partial charge in [-0.05, 0) is 42.7 Å². The van der Waals surface area contributed by atoms with Gasteiger partial charge in [0.2, 0.25) is 5.91 Å². The zero-order chi connectivity index (χ0) is 18.4. The van der Waals surface area contributed by atoms with E-state index in [1.165, 1.54) is 0 Å². The second-order valence-electron chi connectivity index (χ2n) is 5.92. The van der Waals surface area contributed by atoms with Gasteiger partial charge in [0.05, 0.1) is 18.7 Å². The number of nitrogens with zero attached hydrogens (tertiary/aromatic N) is 1. The quantitative estimate of drug-likeness (QED) is 0.836. The van der Waals surface area contributed by atoms with Crippen LogP contribution in [0.3, 0.4) is 0 Å². The average molecular weight is 341 g/mol. The summed E-state index contributed by atoms with van der Waals surface area (Å²) in [5.74, 6) is -0.221. The third kappa shape index (κ3) is 4.59. The Bertz CT molecular complexity index is 740. The lowest BCUT2D eigenvalue weighted by atomic mass is 10.0. The smallest absolute Gasteiger partial charge is 0.335 e. The van der Waals surface area contributed by atoms with Crippen LogP contribution in [0.15, 0.2) is 48.5 Å². The van der Waals surface area contributed by atoms with Crippen molar-refractivity contribution in [2.75, 3.05) is 14.2 Å². The largest absolute Gasteiger partial charge is 0.497 e. The Balaban J connectivity index is 2.01. The van der Waals surface area contributed by atoms with Crippen molar-refractivity contribution in [2.45, 2.75) is 25.8 Å². The average Bonchev–Trinajstić information content (AvgIpc) is 2.65. The number of hydrogen-bond acceptors (Lipinski definition) is 3. The third-order valence-electron chi connectivity index (χ3n) is 4.43. The Labute approximate surface area is 147 Å². The number of benzene rings is 2. The van der Waals surface area contributed by atoms with Crippen molar-refractivity contribution in [3.8, 4) is 5.75 Å². The highest BCUT2D eigenvalue weighted by Gasteiger charge is 2.18. The molecule has 0 saturated carbocycles. The van der Waals surface area contributed by atoms with E-state index in [4.69, 9.17) is 4.74 Å². The molecular formula is C20H23NO4. The predicted octanol–water partition coefficient (Wildman–Crippen LogP) is 3.55. The van der Waals surface area contributed by atoms with E-state index in [0.717, 1.165) is 11.3 Å². The second kappa shape index (κ2) is 8.33. The minimum Gasteiger partial charge on any atom is -0.497 e. The summed E-state index contributed by atoms with van der Waals surface area (Å²) >= 11 is 0. The van der Waals surface area contributed by atoms with Gasteiger partial charge in [-0.25, -0.2) is 4.79 Å². The molecule has 0 bridgehead atoms. The summed E-state index contributed by atoms with van der Waals surface area (Å²) in [4.78, 5) is 25.4. The van der Waals surface area contributed by atoms with Crippen molar-refractivity contribution < 1.29 is 19.4 Å². The van der Waals surface area contributed by atoms with Gasteiger partial charge in [-0.1, -0.05) is 30.3 Å². The van der Waals surface area contributed by atoms with E-state index in [-0.39, 0.29) is 23.9 Å². The van der Waals surface area contributed by atoms with Gasteiger partial charge >= 0.3 is 5.97 Å². The van der Waals surface area contributed by atoms with Gasteiger partial charge in [0, 0.05) is 13.5 Å². The van der Waals surface area contributed by atoms with Crippen LogP contribution in [-0.2, 0) is 11.2 Å². The molecule has 1 amide bonds. The Morgan fingerprint density at radius 2 is 1.76 bits per heavy atom. The maximum absolute atomic E-state index is 12.5. The lowest BCUT2D eigenvalue weighted by molar-refractivity contribution is -0.131. The van der Waals surface area contributed by atoms with Gasteiger partial charge in [-0.15, -0.1) is 0 Å². The van der Waals surface area contributed by atoms with Crippen molar-refractivity contribution in [3.63, 3.8) is 0 Å². The predicted molar refractivity (Wildman–Crippen MR) is 95.9 cm³/mol. The van der Waals surface area contributed by atoms with Gasteiger partial charge in [0.15, 0.2) is 0 Å². The van der Waals surface area contributed by atoms with E-state index in [0.29, 0.717) is 12.0 Å². The van der Waals surface area contributed by atoms with Gasteiger partial charge in [-0.3, -0.25) is 4.79 Å². The van der Waals surface area contributed by atoms with Crippen LogP contribution < -0.4 is 4.74 Å². The summed E-state index contributed by atoms with van der Waals surface area (Å²) in [6.45, 7) is 1.96. The topological polar surface area (TPSA) is 66.8 Å². The summed E-state index contributed by atoms with van der Waals surface area (Å²) < 4.78 is 5.15. The summed E-state index contributed by atoms with van der Waals surface area (Å²) in [6.07, 6.45) is 0.669. The molecule has 1 unspecified atom stereocenters. The second-order valence-corrected chi connectivity index (χ2v) is 5.92. The fourth-order valence-corrected chi connectivity index (χ4v) is 2.69. The molecule has 0 aliphatic rings. The van der Waals surface area contributed by atoms with Crippen LogP contribution in [0, 0.1) is 0 Å². The van der Waals surface area contributed by atoms with Crippen molar-refractivity contribution in [2.24, 2.45) is 0 Å². The molecule has 2 aromatic carbocycles. The molecule has 5 nitrogen and oxygen atoms in total. The molecule has 0 heterocycles. The molecule has 0 saturated heterocycles. The highest BCUT2D eigenvalue weighted by atomic mass is 16.5. The number of carboxylic acids is 1. The maximum atomic E-state index is 12.5. The molecule has 132 valence electrons. The first-order chi connectivity index (χ1) is 11.9. The van der Waals surface area contributed by atoms with Crippen LogP contribution >= 0.6 is 0 Å². The zero-order valence-electron chi connectivity index (χ0n) is 14.7. The van der Waals surface area contributed by atoms with Gasteiger partial charge in [0.25, 0.3) is 0 Å². The van der Waals surface area contributed by atoms with Crippen molar-refractivity contribution in [3.05, 3.63) is 65.2 Å².